The SMILES string of the molecule is O=C(N1CCC(n2nc(C3CC3)[nH]c2=O)CC1)C1(C2CCCO2)CC1. The Morgan fingerprint density at radius 1 is 1.16 bits per heavy atom. The zero-order valence-corrected chi connectivity index (χ0v) is 14.6. The third-order valence-electron chi connectivity index (χ3n) is 6.48. The van der Waals surface area contributed by atoms with Gasteiger partial charge in [0, 0.05) is 25.6 Å². The van der Waals surface area contributed by atoms with Gasteiger partial charge in [0.1, 0.15) is 5.82 Å². The van der Waals surface area contributed by atoms with E-state index in [1.807, 2.05) is 4.90 Å². The smallest absolute Gasteiger partial charge is 0.343 e. The Bertz CT molecular complexity index is 717. The van der Waals surface area contributed by atoms with Gasteiger partial charge < -0.3 is 9.64 Å². The zero-order valence-electron chi connectivity index (χ0n) is 14.6. The molecule has 2 aliphatic heterocycles. The predicted molar refractivity (Wildman–Crippen MR) is 90.3 cm³/mol. The van der Waals surface area contributed by atoms with Gasteiger partial charge in [0.15, 0.2) is 0 Å². The maximum Gasteiger partial charge on any atom is 0.343 e. The highest BCUT2D eigenvalue weighted by molar-refractivity contribution is 5.86. The monoisotopic (exact) mass is 346 g/mol. The number of rotatable bonds is 4. The molecule has 0 spiro atoms. The average Bonchev–Trinajstić information content (AvgIpc) is 3.55. The molecule has 7 nitrogen and oxygen atoms in total. The van der Waals surface area contributed by atoms with Gasteiger partial charge in [-0.2, -0.15) is 5.10 Å². The van der Waals surface area contributed by atoms with E-state index in [1.165, 1.54) is 0 Å². The standard InChI is InChI=1S/C18H26N4O3/c23-16(18(7-8-18)14-2-1-11-25-14)21-9-5-13(6-10-21)22-17(24)19-15(20-22)12-3-4-12/h12-14H,1-11H2,(H,19,20,24). The van der Waals surface area contributed by atoms with Crippen LogP contribution in [-0.4, -0.2) is 51.4 Å². The van der Waals surface area contributed by atoms with Crippen LogP contribution in [0.4, 0.5) is 0 Å². The molecule has 0 bridgehead atoms. The molecule has 0 radical (unpaired) electrons. The van der Waals surface area contributed by atoms with Gasteiger partial charge in [0.2, 0.25) is 5.91 Å². The summed E-state index contributed by atoms with van der Waals surface area (Å²) in [5.41, 5.74) is -0.323. The van der Waals surface area contributed by atoms with Crippen LogP contribution >= 0.6 is 0 Å². The van der Waals surface area contributed by atoms with Crippen LogP contribution in [0.1, 0.15) is 69.2 Å². The maximum atomic E-state index is 13.0. The second kappa shape index (κ2) is 5.69. The van der Waals surface area contributed by atoms with Crippen LogP contribution in [-0.2, 0) is 9.53 Å². The van der Waals surface area contributed by atoms with E-state index in [9.17, 15) is 9.59 Å². The largest absolute Gasteiger partial charge is 0.377 e. The van der Waals surface area contributed by atoms with E-state index < -0.39 is 0 Å². The van der Waals surface area contributed by atoms with Crippen LogP contribution in [0, 0.1) is 5.41 Å². The summed E-state index contributed by atoms with van der Waals surface area (Å²) in [4.78, 5) is 30.1. The predicted octanol–water partition coefficient (Wildman–Crippen LogP) is 1.57. The first kappa shape index (κ1) is 15.6. The van der Waals surface area contributed by atoms with Crippen molar-refractivity contribution in [1.29, 1.82) is 0 Å². The van der Waals surface area contributed by atoms with Gasteiger partial charge in [-0.1, -0.05) is 0 Å². The van der Waals surface area contributed by atoms with Crippen LogP contribution in [0.5, 0.6) is 0 Å². The maximum absolute atomic E-state index is 13.0. The van der Waals surface area contributed by atoms with Crippen LogP contribution in [0.15, 0.2) is 4.79 Å². The molecule has 0 aromatic carbocycles. The number of amides is 1. The van der Waals surface area contributed by atoms with E-state index in [1.54, 1.807) is 4.68 Å². The second-order valence-electron chi connectivity index (χ2n) is 8.22. The molecule has 5 rings (SSSR count). The fraction of sp³-hybridized carbons (Fsp3) is 0.833. The summed E-state index contributed by atoms with van der Waals surface area (Å²) in [6.07, 6.45) is 8.05. The van der Waals surface area contributed by atoms with Gasteiger partial charge in [-0.05, 0) is 51.4 Å². The summed E-state index contributed by atoms with van der Waals surface area (Å²) < 4.78 is 7.45. The van der Waals surface area contributed by atoms with Crippen LogP contribution in [0.25, 0.3) is 0 Å². The second-order valence-corrected chi connectivity index (χ2v) is 8.22. The van der Waals surface area contributed by atoms with Gasteiger partial charge in [0.05, 0.1) is 17.6 Å². The van der Waals surface area contributed by atoms with Crippen molar-refractivity contribution in [3.05, 3.63) is 16.3 Å². The molecular weight excluding hydrogens is 320 g/mol. The Morgan fingerprint density at radius 2 is 1.92 bits per heavy atom. The number of aromatic amines is 1. The lowest BCUT2D eigenvalue weighted by Crippen LogP contribution is -2.47. The highest BCUT2D eigenvalue weighted by Gasteiger charge is 2.58. The van der Waals surface area contributed by atoms with Crippen molar-refractivity contribution in [2.24, 2.45) is 5.41 Å². The summed E-state index contributed by atoms with van der Waals surface area (Å²) in [7, 11) is 0. The molecule has 1 amide bonds. The molecule has 1 aromatic rings. The number of likely N-dealkylation sites (tertiary alicyclic amines) is 1. The van der Waals surface area contributed by atoms with E-state index in [0.717, 1.165) is 76.9 Å². The fourth-order valence-corrected chi connectivity index (χ4v) is 4.59. The van der Waals surface area contributed by atoms with Gasteiger partial charge in [0.25, 0.3) is 0 Å². The number of nitrogens with zero attached hydrogens (tertiary/aromatic N) is 3. The van der Waals surface area contributed by atoms with Crippen LogP contribution in [0.3, 0.4) is 0 Å². The number of aromatic nitrogens is 3. The number of H-pyrrole nitrogens is 1. The minimum atomic E-state index is -0.231. The fourth-order valence-electron chi connectivity index (χ4n) is 4.59. The van der Waals surface area contributed by atoms with Crippen molar-refractivity contribution in [3.63, 3.8) is 0 Å². The van der Waals surface area contributed by atoms with E-state index in [-0.39, 0.29) is 29.2 Å². The van der Waals surface area contributed by atoms with Crippen molar-refractivity contribution in [1.82, 2.24) is 19.7 Å². The molecule has 3 heterocycles. The lowest BCUT2D eigenvalue weighted by Gasteiger charge is -2.35. The minimum Gasteiger partial charge on any atom is -0.377 e. The summed E-state index contributed by atoms with van der Waals surface area (Å²) in [5, 5.41) is 4.51. The van der Waals surface area contributed by atoms with Crippen molar-refractivity contribution >= 4 is 5.91 Å². The molecule has 2 aliphatic carbocycles. The molecule has 25 heavy (non-hydrogen) atoms. The van der Waals surface area contributed by atoms with E-state index >= 15 is 0 Å². The Hall–Kier alpha value is -1.63. The highest BCUT2D eigenvalue weighted by Crippen LogP contribution is 2.54. The van der Waals surface area contributed by atoms with Crippen molar-refractivity contribution in [2.45, 2.75) is 69.4 Å². The van der Waals surface area contributed by atoms with Crippen LogP contribution < -0.4 is 5.69 Å². The van der Waals surface area contributed by atoms with E-state index in [0.29, 0.717) is 5.92 Å². The van der Waals surface area contributed by atoms with Gasteiger partial charge >= 0.3 is 5.69 Å². The molecule has 1 atom stereocenters. The first-order valence-electron chi connectivity index (χ1n) is 9.77. The molecule has 1 unspecified atom stereocenters. The number of ether oxygens (including phenoxy) is 1. The van der Waals surface area contributed by atoms with Crippen LogP contribution in [0.2, 0.25) is 0 Å². The van der Waals surface area contributed by atoms with E-state index in [4.69, 9.17) is 4.74 Å². The lowest BCUT2D eigenvalue weighted by atomic mass is 9.93. The average molecular weight is 346 g/mol. The zero-order chi connectivity index (χ0) is 17.0. The third kappa shape index (κ3) is 2.63. The van der Waals surface area contributed by atoms with Gasteiger partial charge in [-0.3, -0.25) is 9.78 Å². The third-order valence-corrected chi connectivity index (χ3v) is 6.48. The number of piperidine rings is 1. The summed E-state index contributed by atoms with van der Waals surface area (Å²) in [6.45, 7) is 2.24. The quantitative estimate of drug-likeness (QED) is 0.897. The molecule has 1 N–H and O–H groups in total. The first-order chi connectivity index (χ1) is 12.2. The van der Waals surface area contributed by atoms with Crippen molar-refractivity contribution in [2.75, 3.05) is 19.7 Å². The van der Waals surface area contributed by atoms with Crippen molar-refractivity contribution < 1.29 is 9.53 Å². The van der Waals surface area contributed by atoms with Gasteiger partial charge in [-0.25, -0.2) is 9.48 Å². The number of nitrogens with one attached hydrogen (secondary N) is 1. The Morgan fingerprint density at radius 3 is 2.52 bits per heavy atom. The summed E-state index contributed by atoms with van der Waals surface area (Å²) >= 11 is 0. The van der Waals surface area contributed by atoms with Crippen molar-refractivity contribution in [3.8, 4) is 0 Å². The molecule has 4 aliphatic rings. The molecule has 2 saturated heterocycles. The topological polar surface area (TPSA) is 80.2 Å². The highest BCUT2D eigenvalue weighted by atomic mass is 16.5. The number of hydrogen-bond donors (Lipinski definition) is 1. The lowest BCUT2D eigenvalue weighted by molar-refractivity contribution is -0.143. The first-order valence-corrected chi connectivity index (χ1v) is 9.77. The number of carbonyl (C=O) groups is 1. The summed E-state index contributed by atoms with van der Waals surface area (Å²) in [6, 6.07) is 0.109. The molecular formula is C18H26N4O3. The van der Waals surface area contributed by atoms with E-state index in [2.05, 4.69) is 10.1 Å². The molecule has 2 saturated carbocycles. The molecule has 7 heteroatoms. The minimum absolute atomic E-state index is 0.0929. The summed E-state index contributed by atoms with van der Waals surface area (Å²) in [5.74, 6) is 1.58. The molecule has 1 aromatic heterocycles. The number of carbonyl (C=O) groups excluding carboxylic acids is 1. The Labute approximate surface area is 146 Å². The molecule has 136 valence electrons. The Kier molecular flexibility index (Phi) is 3.55. The number of hydrogen-bond acceptors (Lipinski definition) is 4. The van der Waals surface area contributed by atoms with Gasteiger partial charge in [-0.15, -0.1) is 0 Å². The normalized spacial score (nSPS) is 29.1. The Balaban J connectivity index is 1.24. The molecule has 4 fully saturated rings.